The van der Waals surface area contributed by atoms with Crippen molar-refractivity contribution in [2.45, 2.75) is 26.7 Å². The molecule has 0 fully saturated rings. The van der Waals surface area contributed by atoms with E-state index < -0.39 is 0 Å². The summed E-state index contributed by atoms with van der Waals surface area (Å²) >= 11 is 0. The third-order valence-electron chi connectivity index (χ3n) is 2.50. The smallest absolute Gasteiger partial charge is 0.243 e. The van der Waals surface area contributed by atoms with Crippen molar-refractivity contribution in [1.29, 1.82) is 0 Å². The second kappa shape index (κ2) is 5.41. The van der Waals surface area contributed by atoms with Crippen LogP contribution in [-0.4, -0.2) is 42.0 Å². The molecule has 72 valence electrons. The monoisotopic (exact) mass is 190 g/mol. The van der Waals surface area contributed by atoms with Crippen molar-refractivity contribution in [2.24, 2.45) is 0 Å². The highest BCUT2D eigenvalue weighted by atomic mass is 35.5. The van der Waals surface area contributed by atoms with E-state index in [2.05, 4.69) is 30.4 Å². The van der Waals surface area contributed by atoms with Crippen LogP contribution in [-0.2, 0) is 0 Å². The summed E-state index contributed by atoms with van der Waals surface area (Å²) in [4.78, 5) is 2.48. The standard InChI is InChI=1S/C9H19N2.ClH/c1-4-5-6-11-8-7-10(3)9(11)2;/h4-8H2,1-3H3;1H/q+1;/p-1. The molecule has 3 heteroatoms. The van der Waals surface area contributed by atoms with Gasteiger partial charge in [0.1, 0.15) is 13.1 Å². The summed E-state index contributed by atoms with van der Waals surface area (Å²) in [6.45, 7) is 8.13. The lowest BCUT2D eigenvalue weighted by Crippen LogP contribution is -3.00. The van der Waals surface area contributed by atoms with Crippen LogP contribution in [0.15, 0.2) is 0 Å². The van der Waals surface area contributed by atoms with Crippen LogP contribution in [0.1, 0.15) is 26.7 Å². The molecule has 0 saturated heterocycles. The van der Waals surface area contributed by atoms with Crippen molar-refractivity contribution in [2.75, 3.05) is 26.7 Å². The average molecular weight is 191 g/mol. The summed E-state index contributed by atoms with van der Waals surface area (Å²) in [5.74, 6) is 1.44. The van der Waals surface area contributed by atoms with Gasteiger partial charge >= 0.3 is 0 Å². The van der Waals surface area contributed by atoms with E-state index in [1.54, 1.807) is 0 Å². The SMILES string of the molecule is CCCCN1CC[N+](C)=C1C.[Cl-]. The summed E-state index contributed by atoms with van der Waals surface area (Å²) in [5, 5.41) is 0. The molecule has 0 aromatic heterocycles. The molecule has 0 amide bonds. The number of rotatable bonds is 3. The summed E-state index contributed by atoms with van der Waals surface area (Å²) in [5.41, 5.74) is 0. The molecular formula is C9H19ClN2. The Kier molecular flexibility index (Phi) is 5.31. The first-order valence-electron chi connectivity index (χ1n) is 4.55. The van der Waals surface area contributed by atoms with Gasteiger partial charge in [0.05, 0.1) is 13.6 Å². The zero-order valence-corrected chi connectivity index (χ0v) is 9.06. The zero-order chi connectivity index (χ0) is 8.27. The largest absolute Gasteiger partial charge is 1.00 e. The van der Waals surface area contributed by atoms with Gasteiger partial charge in [0.25, 0.3) is 0 Å². The van der Waals surface area contributed by atoms with E-state index in [-0.39, 0.29) is 12.4 Å². The van der Waals surface area contributed by atoms with E-state index in [0.717, 1.165) is 0 Å². The molecule has 0 saturated carbocycles. The molecule has 1 heterocycles. The molecule has 12 heavy (non-hydrogen) atoms. The molecule has 2 nitrogen and oxygen atoms in total. The zero-order valence-electron chi connectivity index (χ0n) is 8.31. The van der Waals surface area contributed by atoms with Gasteiger partial charge in [-0.1, -0.05) is 13.3 Å². The highest BCUT2D eigenvalue weighted by molar-refractivity contribution is 5.75. The normalized spacial score (nSPS) is 16.8. The highest BCUT2D eigenvalue weighted by Crippen LogP contribution is 2.01. The summed E-state index contributed by atoms with van der Waals surface area (Å²) in [6.07, 6.45) is 2.62. The van der Waals surface area contributed by atoms with Gasteiger partial charge in [-0.2, -0.15) is 0 Å². The van der Waals surface area contributed by atoms with E-state index in [9.17, 15) is 0 Å². The third kappa shape index (κ3) is 2.67. The average Bonchev–Trinajstić information content (AvgIpc) is 2.31. The lowest BCUT2D eigenvalue weighted by Gasteiger charge is -2.08. The fraction of sp³-hybridized carbons (Fsp3) is 0.889. The Morgan fingerprint density at radius 1 is 1.50 bits per heavy atom. The molecule has 1 aliphatic rings. The van der Waals surface area contributed by atoms with Gasteiger partial charge in [-0.05, 0) is 6.42 Å². The van der Waals surface area contributed by atoms with Gasteiger partial charge in [-0.25, -0.2) is 0 Å². The van der Waals surface area contributed by atoms with E-state index >= 15 is 0 Å². The Labute approximate surface area is 81.7 Å². The second-order valence-corrected chi connectivity index (χ2v) is 3.31. The molecule has 0 radical (unpaired) electrons. The van der Waals surface area contributed by atoms with E-state index in [0.29, 0.717) is 0 Å². The Hall–Kier alpha value is -0.240. The molecule has 0 atom stereocenters. The van der Waals surface area contributed by atoms with Crippen LogP contribution in [0.5, 0.6) is 0 Å². The topological polar surface area (TPSA) is 6.25 Å². The Morgan fingerprint density at radius 2 is 2.17 bits per heavy atom. The van der Waals surface area contributed by atoms with Crippen LogP contribution in [0.4, 0.5) is 0 Å². The minimum atomic E-state index is 0. The van der Waals surface area contributed by atoms with Crippen molar-refractivity contribution in [3.05, 3.63) is 0 Å². The maximum Gasteiger partial charge on any atom is 0.243 e. The Bertz CT molecular complexity index is 166. The number of amidine groups is 1. The number of unbranched alkanes of at least 4 members (excludes halogenated alkanes) is 1. The summed E-state index contributed by atoms with van der Waals surface area (Å²) < 4.78 is 2.33. The van der Waals surface area contributed by atoms with E-state index in [1.807, 2.05) is 0 Å². The lowest BCUT2D eigenvalue weighted by molar-refractivity contribution is -0.487. The number of hydrogen-bond acceptors (Lipinski definition) is 1. The molecule has 0 bridgehead atoms. The first-order chi connectivity index (χ1) is 5.25. The summed E-state index contributed by atoms with van der Waals surface area (Å²) in [6, 6.07) is 0. The second-order valence-electron chi connectivity index (χ2n) is 3.31. The fourth-order valence-corrected chi connectivity index (χ4v) is 1.46. The molecule has 0 aromatic carbocycles. The number of halogens is 1. The van der Waals surface area contributed by atoms with Gasteiger partial charge in [0, 0.05) is 6.92 Å². The van der Waals surface area contributed by atoms with E-state index in [4.69, 9.17) is 0 Å². The quantitative estimate of drug-likeness (QED) is 0.475. The van der Waals surface area contributed by atoms with Crippen molar-refractivity contribution in [3.8, 4) is 0 Å². The van der Waals surface area contributed by atoms with Gasteiger partial charge < -0.3 is 12.4 Å². The minimum absolute atomic E-state index is 0. The number of nitrogens with zero attached hydrogens (tertiary/aromatic N) is 2. The van der Waals surface area contributed by atoms with Crippen LogP contribution < -0.4 is 12.4 Å². The van der Waals surface area contributed by atoms with Gasteiger partial charge in [0.2, 0.25) is 5.84 Å². The highest BCUT2D eigenvalue weighted by Gasteiger charge is 2.22. The van der Waals surface area contributed by atoms with Crippen LogP contribution in [0, 0.1) is 0 Å². The molecule has 0 aromatic rings. The molecule has 0 unspecified atom stereocenters. The van der Waals surface area contributed by atoms with Crippen molar-refractivity contribution in [3.63, 3.8) is 0 Å². The van der Waals surface area contributed by atoms with Crippen LogP contribution in [0.3, 0.4) is 0 Å². The predicted octanol–water partition coefficient (Wildman–Crippen LogP) is -1.83. The Balaban J connectivity index is 0.00000121. The van der Waals surface area contributed by atoms with Crippen molar-refractivity contribution in [1.82, 2.24) is 4.90 Å². The fourth-order valence-electron chi connectivity index (χ4n) is 1.46. The third-order valence-corrected chi connectivity index (χ3v) is 2.50. The first kappa shape index (κ1) is 11.8. The predicted molar refractivity (Wildman–Crippen MR) is 48.2 cm³/mol. The van der Waals surface area contributed by atoms with Crippen molar-refractivity contribution >= 4 is 5.84 Å². The van der Waals surface area contributed by atoms with Gasteiger partial charge in [-0.3, -0.25) is 9.48 Å². The lowest BCUT2D eigenvalue weighted by atomic mass is 10.3. The molecule has 0 N–H and O–H groups in total. The minimum Gasteiger partial charge on any atom is -1.00 e. The van der Waals surface area contributed by atoms with Crippen LogP contribution in [0.25, 0.3) is 0 Å². The summed E-state index contributed by atoms with van der Waals surface area (Å²) in [7, 11) is 2.17. The van der Waals surface area contributed by atoms with Gasteiger partial charge in [-0.15, -0.1) is 0 Å². The molecule has 1 aliphatic heterocycles. The number of hydrogen-bond donors (Lipinski definition) is 0. The maximum atomic E-state index is 2.48. The number of likely N-dealkylation sites (N-methyl/N-ethyl adjacent to an activating group) is 1. The Morgan fingerprint density at radius 3 is 2.58 bits per heavy atom. The van der Waals surface area contributed by atoms with Crippen LogP contribution in [0.2, 0.25) is 0 Å². The molecular weight excluding hydrogens is 172 g/mol. The molecule has 1 rings (SSSR count). The van der Waals surface area contributed by atoms with Crippen LogP contribution >= 0.6 is 0 Å². The van der Waals surface area contributed by atoms with Gasteiger partial charge in [0.15, 0.2) is 0 Å². The van der Waals surface area contributed by atoms with E-state index in [1.165, 1.54) is 38.3 Å². The molecule has 0 spiro atoms. The molecule has 0 aliphatic carbocycles. The van der Waals surface area contributed by atoms with Crippen molar-refractivity contribution < 1.29 is 17.0 Å². The maximum absolute atomic E-state index is 2.48. The first-order valence-corrected chi connectivity index (χ1v) is 4.55.